The predicted molar refractivity (Wildman–Crippen MR) is 90.3 cm³/mol. The van der Waals surface area contributed by atoms with Crippen LogP contribution in [0.5, 0.6) is 0 Å². The second-order valence-corrected chi connectivity index (χ2v) is 6.33. The van der Waals surface area contributed by atoms with Crippen LogP contribution in [0.3, 0.4) is 0 Å². The molecule has 24 heavy (non-hydrogen) atoms. The van der Waals surface area contributed by atoms with Gasteiger partial charge in [0.1, 0.15) is 0 Å². The third kappa shape index (κ3) is 2.95. The lowest BCUT2D eigenvalue weighted by Crippen LogP contribution is -2.45. The van der Waals surface area contributed by atoms with Gasteiger partial charge in [-0.25, -0.2) is 4.68 Å². The van der Waals surface area contributed by atoms with Crippen LogP contribution in [0, 0.1) is 6.92 Å². The Hall–Kier alpha value is -2.18. The Labute approximate surface area is 141 Å². The number of amides is 1. The largest absolute Gasteiger partial charge is 0.394 e. The molecule has 0 spiro atoms. The number of hydrogen-bond donors (Lipinski definition) is 3. The average Bonchev–Trinajstić information content (AvgIpc) is 3.15. The van der Waals surface area contributed by atoms with E-state index in [1.807, 2.05) is 35.9 Å². The molecule has 3 rings (SSSR count). The number of aromatic nitrogens is 2. The van der Waals surface area contributed by atoms with Crippen molar-refractivity contribution in [3.8, 4) is 5.69 Å². The van der Waals surface area contributed by atoms with Crippen molar-refractivity contribution in [2.24, 2.45) is 0 Å². The van der Waals surface area contributed by atoms with Crippen LogP contribution in [0.15, 0.2) is 24.3 Å². The van der Waals surface area contributed by atoms with Crippen LogP contribution in [0.2, 0.25) is 0 Å². The topological polar surface area (TPSA) is 87.4 Å². The third-order valence-electron chi connectivity index (χ3n) is 4.58. The highest BCUT2D eigenvalue weighted by Gasteiger charge is 2.28. The SMILES string of the molecule is Cc1ccccc1-n1nc(C(=O)N[C@H](CO)[C@@H](C)O)c2c1CCC2. The molecule has 128 valence electrons. The molecule has 6 heteroatoms. The van der Waals surface area contributed by atoms with Gasteiger partial charge < -0.3 is 15.5 Å². The number of benzene rings is 1. The molecule has 1 heterocycles. The van der Waals surface area contributed by atoms with Crippen LogP contribution >= 0.6 is 0 Å². The van der Waals surface area contributed by atoms with E-state index < -0.39 is 12.1 Å². The Morgan fingerprint density at radius 1 is 1.38 bits per heavy atom. The lowest BCUT2D eigenvalue weighted by Gasteiger charge is -2.18. The number of carbonyl (C=O) groups is 1. The molecular weight excluding hydrogens is 306 g/mol. The summed E-state index contributed by atoms with van der Waals surface area (Å²) in [5.74, 6) is -0.347. The third-order valence-corrected chi connectivity index (χ3v) is 4.58. The van der Waals surface area contributed by atoms with Crippen molar-refractivity contribution in [1.29, 1.82) is 0 Å². The second kappa shape index (κ2) is 6.75. The molecule has 1 aromatic heterocycles. The Morgan fingerprint density at radius 3 is 2.79 bits per heavy atom. The van der Waals surface area contributed by atoms with Gasteiger partial charge in [0.25, 0.3) is 5.91 Å². The minimum Gasteiger partial charge on any atom is -0.394 e. The van der Waals surface area contributed by atoms with E-state index in [9.17, 15) is 15.0 Å². The maximum atomic E-state index is 12.6. The maximum Gasteiger partial charge on any atom is 0.272 e. The first-order chi connectivity index (χ1) is 11.5. The van der Waals surface area contributed by atoms with E-state index in [4.69, 9.17) is 0 Å². The summed E-state index contributed by atoms with van der Waals surface area (Å²) >= 11 is 0. The van der Waals surface area contributed by atoms with E-state index in [0.29, 0.717) is 5.69 Å². The number of aliphatic hydroxyl groups is 2. The van der Waals surface area contributed by atoms with Crippen LogP contribution in [0.25, 0.3) is 5.69 Å². The molecule has 1 aliphatic carbocycles. The molecular formula is C18H23N3O3. The lowest BCUT2D eigenvalue weighted by atomic mass is 10.1. The smallest absolute Gasteiger partial charge is 0.272 e. The Bertz CT molecular complexity index is 752. The molecule has 3 N–H and O–H groups in total. The summed E-state index contributed by atoms with van der Waals surface area (Å²) in [6.07, 6.45) is 1.89. The van der Waals surface area contributed by atoms with Crippen LogP contribution in [-0.2, 0) is 12.8 Å². The molecule has 0 saturated heterocycles. The first-order valence-electron chi connectivity index (χ1n) is 8.29. The van der Waals surface area contributed by atoms with Crippen LogP contribution in [0.4, 0.5) is 0 Å². The first kappa shape index (κ1) is 16.7. The Kier molecular flexibility index (Phi) is 4.69. The van der Waals surface area contributed by atoms with Gasteiger partial charge in [0.2, 0.25) is 0 Å². The minimum absolute atomic E-state index is 0.315. The molecule has 0 aliphatic heterocycles. The monoisotopic (exact) mass is 329 g/mol. The van der Waals surface area contributed by atoms with Crippen molar-refractivity contribution in [2.75, 3.05) is 6.61 Å². The summed E-state index contributed by atoms with van der Waals surface area (Å²) < 4.78 is 1.86. The van der Waals surface area contributed by atoms with Gasteiger partial charge in [0, 0.05) is 11.3 Å². The molecule has 1 amide bonds. The Morgan fingerprint density at radius 2 is 2.12 bits per heavy atom. The summed E-state index contributed by atoms with van der Waals surface area (Å²) in [7, 11) is 0. The summed E-state index contributed by atoms with van der Waals surface area (Å²) in [5, 5.41) is 26.2. The number of aryl methyl sites for hydroxylation is 1. The van der Waals surface area contributed by atoms with E-state index >= 15 is 0 Å². The van der Waals surface area contributed by atoms with Gasteiger partial charge in [-0.05, 0) is 44.7 Å². The fourth-order valence-electron chi connectivity index (χ4n) is 3.18. The zero-order valence-corrected chi connectivity index (χ0v) is 14.0. The zero-order valence-electron chi connectivity index (χ0n) is 14.0. The van der Waals surface area contributed by atoms with Gasteiger partial charge in [-0.2, -0.15) is 5.10 Å². The number of para-hydroxylation sites is 1. The molecule has 0 bridgehead atoms. The fourth-order valence-corrected chi connectivity index (χ4v) is 3.18. The second-order valence-electron chi connectivity index (χ2n) is 6.33. The van der Waals surface area contributed by atoms with Gasteiger partial charge in [0.15, 0.2) is 5.69 Å². The normalized spacial score (nSPS) is 15.8. The number of hydrogen-bond acceptors (Lipinski definition) is 4. The number of nitrogens with zero attached hydrogens (tertiary/aromatic N) is 2. The highest BCUT2D eigenvalue weighted by Crippen LogP contribution is 2.28. The van der Waals surface area contributed by atoms with E-state index in [1.54, 1.807) is 0 Å². The summed E-state index contributed by atoms with van der Waals surface area (Å²) in [6, 6.07) is 7.26. The average molecular weight is 329 g/mol. The number of fused-ring (bicyclic) bond motifs is 1. The van der Waals surface area contributed by atoms with Gasteiger partial charge in [-0.1, -0.05) is 18.2 Å². The van der Waals surface area contributed by atoms with Gasteiger partial charge in [-0.3, -0.25) is 4.79 Å². The molecule has 2 aromatic rings. The van der Waals surface area contributed by atoms with E-state index in [-0.39, 0.29) is 12.5 Å². The molecule has 6 nitrogen and oxygen atoms in total. The highest BCUT2D eigenvalue weighted by atomic mass is 16.3. The molecule has 0 saturated carbocycles. The molecule has 0 unspecified atom stereocenters. The van der Waals surface area contributed by atoms with Crippen LogP contribution < -0.4 is 5.32 Å². The quantitative estimate of drug-likeness (QED) is 0.768. The van der Waals surface area contributed by atoms with Crippen molar-refractivity contribution in [1.82, 2.24) is 15.1 Å². The number of aliphatic hydroxyl groups excluding tert-OH is 2. The van der Waals surface area contributed by atoms with Crippen LogP contribution in [0.1, 0.15) is 40.7 Å². The fraction of sp³-hybridized carbons (Fsp3) is 0.444. The molecule has 1 aliphatic rings. The molecule has 0 radical (unpaired) electrons. The molecule has 1 aromatic carbocycles. The van der Waals surface area contributed by atoms with Crippen molar-refractivity contribution >= 4 is 5.91 Å². The minimum atomic E-state index is -0.828. The van der Waals surface area contributed by atoms with Crippen molar-refractivity contribution < 1.29 is 15.0 Å². The van der Waals surface area contributed by atoms with E-state index in [0.717, 1.165) is 41.8 Å². The van der Waals surface area contributed by atoms with Crippen molar-refractivity contribution in [3.05, 3.63) is 46.8 Å². The van der Waals surface area contributed by atoms with E-state index in [2.05, 4.69) is 10.4 Å². The lowest BCUT2D eigenvalue weighted by molar-refractivity contribution is 0.0753. The van der Waals surface area contributed by atoms with Crippen LogP contribution in [-0.4, -0.2) is 44.7 Å². The Balaban J connectivity index is 1.98. The van der Waals surface area contributed by atoms with Crippen molar-refractivity contribution in [3.63, 3.8) is 0 Å². The maximum absolute atomic E-state index is 12.6. The summed E-state index contributed by atoms with van der Waals surface area (Å²) in [6.45, 7) is 3.24. The number of rotatable bonds is 5. The molecule has 0 fully saturated rings. The van der Waals surface area contributed by atoms with E-state index in [1.165, 1.54) is 6.92 Å². The van der Waals surface area contributed by atoms with Gasteiger partial charge >= 0.3 is 0 Å². The van der Waals surface area contributed by atoms with Gasteiger partial charge in [-0.15, -0.1) is 0 Å². The first-order valence-corrected chi connectivity index (χ1v) is 8.29. The predicted octanol–water partition coefficient (Wildman–Crippen LogP) is 1.14. The molecule has 2 atom stereocenters. The summed E-state index contributed by atoms with van der Waals surface area (Å²) in [5.41, 5.74) is 4.51. The number of nitrogens with one attached hydrogen (secondary N) is 1. The van der Waals surface area contributed by atoms with Gasteiger partial charge in [0.05, 0.1) is 24.4 Å². The standard InChI is InChI=1S/C18H23N3O3/c1-11-6-3-4-8-15(11)21-16-9-5-7-13(16)17(20-21)18(24)19-14(10-22)12(2)23/h3-4,6,8,12,14,22-23H,5,7,9-10H2,1-2H3,(H,19,24)/t12-,14-/m1/s1. The number of carbonyl (C=O) groups excluding carboxylic acids is 1. The summed E-state index contributed by atoms with van der Waals surface area (Å²) in [4.78, 5) is 12.6. The zero-order chi connectivity index (χ0) is 17.3. The van der Waals surface area contributed by atoms with Crippen molar-refractivity contribution in [2.45, 2.75) is 45.3 Å². The highest BCUT2D eigenvalue weighted by molar-refractivity contribution is 5.94.